The number of quaternary nitrogens is 1. The van der Waals surface area contributed by atoms with Gasteiger partial charge in [0, 0.05) is 25.1 Å². The number of para-hydroxylation sites is 1. The molecule has 0 aliphatic carbocycles. The van der Waals surface area contributed by atoms with E-state index in [0.717, 1.165) is 12.1 Å². The first-order valence-electron chi connectivity index (χ1n) is 21.3. The van der Waals surface area contributed by atoms with Gasteiger partial charge in [-0.1, -0.05) is 54.6 Å². The molecule has 0 radical (unpaired) electrons. The number of tetrazole rings is 1. The molecule has 1 atom stereocenters. The number of anilines is 1. The van der Waals surface area contributed by atoms with Gasteiger partial charge in [-0.15, -0.1) is 10.2 Å². The number of carbonyl (C=O) groups excluding carboxylic acids is 1. The zero-order chi connectivity index (χ0) is 50.6. The van der Waals surface area contributed by atoms with Gasteiger partial charge in [0.2, 0.25) is 25.9 Å². The van der Waals surface area contributed by atoms with Crippen molar-refractivity contribution in [3.05, 3.63) is 120 Å². The van der Waals surface area contributed by atoms with Crippen molar-refractivity contribution in [2.45, 2.75) is 48.1 Å². The molecule has 0 bridgehead atoms. The summed E-state index contributed by atoms with van der Waals surface area (Å²) in [5.74, 6) is -1.15. The first-order chi connectivity index (χ1) is 33.1. The number of aliphatic carboxylic acids is 1. The summed E-state index contributed by atoms with van der Waals surface area (Å²) in [4.78, 5) is 16.7. The zero-order valence-corrected chi connectivity index (χ0v) is 40.1. The van der Waals surface area contributed by atoms with Crippen LogP contribution in [0, 0.1) is 0 Å². The van der Waals surface area contributed by atoms with Crippen LogP contribution in [0.2, 0.25) is 0 Å². The standard InChI is InChI=1S/C44H49N10O7S2.C2HF3O2/c1-54(2)24-23-32(28-54)50-62(55,56)39-22-21-36(37-7-6-8-38-41(37)47-44(45)46-38)40(43-48-51-53(49-43)27-31-13-19-35(61-5)20-14-31)42(39)63(57,58)52(25-29-9-15-33(59-3)16-10-29)26-30-11-17-34(60-4)18-12-30;3-2(4,5)1(6)7/h6-22,32,50H,23-28H2,1-5H3,(H3,45,46,47);(H,6,7)/q+1;/p-1/t32-;/m1./s1. The average Bonchev–Trinajstić information content (AvgIpc) is 4.05. The third kappa shape index (κ3) is 11.7. The molecule has 0 amide bonds. The summed E-state index contributed by atoms with van der Waals surface area (Å²) in [7, 11) is -0.688. The minimum atomic E-state index is -5.19. The number of hydrogen-bond acceptors (Lipinski definition) is 14. The third-order valence-electron chi connectivity index (χ3n) is 11.4. The van der Waals surface area contributed by atoms with Crippen molar-refractivity contribution < 1.29 is 58.6 Å². The van der Waals surface area contributed by atoms with E-state index in [2.05, 4.69) is 25.0 Å². The van der Waals surface area contributed by atoms with Gasteiger partial charge in [0.25, 0.3) is 0 Å². The van der Waals surface area contributed by atoms with Gasteiger partial charge < -0.3 is 39.3 Å². The third-order valence-corrected chi connectivity index (χ3v) is 14.9. The second kappa shape index (κ2) is 20.5. The van der Waals surface area contributed by atoms with Crippen molar-refractivity contribution >= 4 is 43.0 Å². The Morgan fingerprint density at radius 1 is 0.843 bits per heavy atom. The highest BCUT2D eigenvalue weighted by Crippen LogP contribution is 2.43. The number of ether oxygens (including phenoxy) is 3. The van der Waals surface area contributed by atoms with Crippen LogP contribution in [0.5, 0.6) is 17.2 Å². The number of nitrogen functional groups attached to an aromatic ring is 1. The molecule has 70 heavy (non-hydrogen) atoms. The maximum Gasteiger partial charge on any atom is 0.430 e. The van der Waals surface area contributed by atoms with E-state index in [1.807, 2.05) is 26.2 Å². The molecule has 1 saturated heterocycles. The lowest BCUT2D eigenvalue weighted by Crippen LogP contribution is -2.43. The van der Waals surface area contributed by atoms with Crippen LogP contribution in [0.1, 0.15) is 23.1 Å². The lowest BCUT2D eigenvalue weighted by Gasteiger charge is -2.27. The van der Waals surface area contributed by atoms with Crippen LogP contribution in [-0.2, 0) is 44.5 Å². The Labute approximate surface area is 401 Å². The van der Waals surface area contributed by atoms with Crippen LogP contribution in [0.4, 0.5) is 19.1 Å². The number of imidazole rings is 1. The number of H-pyrrole nitrogens is 1. The van der Waals surface area contributed by atoms with E-state index >= 15 is 8.42 Å². The molecular weight excluding hydrogens is 958 g/mol. The Balaban J connectivity index is 0.000000959. The molecule has 7 aromatic rings. The van der Waals surface area contributed by atoms with Crippen LogP contribution in [-0.4, -0.2) is 123 Å². The molecule has 1 aliphatic rings. The van der Waals surface area contributed by atoms with Crippen LogP contribution in [0.15, 0.2) is 113 Å². The number of aromatic amines is 1. The van der Waals surface area contributed by atoms with Crippen molar-refractivity contribution in [2.24, 2.45) is 0 Å². The largest absolute Gasteiger partial charge is 0.542 e. The van der Waals surface area contributed by atoms with Gasteiger partial charge in [0.1, 0.15) is 33.0 Å². The number of carbonyl (C=O) groups is 1. The summed E-state index contributed by atoms with van der Waals surface area (Å²) in [5, 5.41) is 22.4. The monoisotopic (exact) mass is 1010 g/mol. The van der Waals surface area contributed by atoms with E-state index in [-0.39, 0.29) is 37.0 Å². The number of rotatable bonds is 16. The Kier molecular flexibility index (Phi) is 14.8. The number of benzene rings is 5. The quantitative estimate of drug-likeness (QED) is 0.114. The summed E-state index contributed by atoms with van der Waals surface area (Å²) in [5.41, 5.74) is 9.91. The second-order valence-corrected chi connectivity index (χ2v) is 20.4. The predicted octanol–water partition coefficient (Wildman–Crippen LogP) is 4.36. The summed E-state index contributed by atoms with van der Waals surface area (Å²) < 4.78 is 114. The first-order valence-corrected chi connectivity index (χ1v) is 24.2. The number of nitrogens with one attached hydrogen (secondary N) is 2. The van der Waals surface area contributed by atoms with E-state index in [9.17, 15) is 21.6 Å². The fraction of sp³-hybridized carbons (Fsp3) is 0.283. The minimum absolute atomic E-state index is 0.0788. The maximum absolute atomic E-state index is 16.0. The molecule has 8 rings (SSSR count). The summed E-state index contributed by atoms with van der Waals surface area (Å²) >= 11 is 0. The molecule has 0 saturated carbocycles. The van der Waals surface area contributed by atoms with Crippen molar-refractivity contribution in [1.29, 1.82) is 0 Å². The number of carboxylic acid groups (broad SMARTS) is 1. The van der Waals surface area contributed by atoms with Crippen molar-refractivity contribution in [3.63, 3.8) is 0 Å². The van der Waals surface area contributed by atoms with Crippen LogP contribution >= 0.6 is 0 Å². The van der Waals surface area contributed by atoms with Gasteiger partial charge in [-0.3, -0.25) is 0 Å². The van der Waals surface area contributed by atoms with Gasteiger partial charge in [0.05, 0.1) is 77.7 Å². The lowest BCUT2D eigenvalue weighted by atomic mass is 9.98. The lowest BCUT2D eigenvalue weighted by molar-refractivity contribution is -0.878. The number of nitrogens with two attached hydrogens (primary N) is 1. The van der Waals surface area contributed by atoms with Gasteiger partial charge in [-0.25, -0.2) is 26.5 Å². The molecule has 2 aromatic heterocycles. The van der Waals surface area contributed by atoms with Crippen LogP contribution in [0.25, 0.3) is 33.5 Å². The highest BCUT2D eigenvalue weighted by atomic mass is 32.2. The number of nitrogens with zero attached hydrogens (tertiary/aromatic N) is 7. The van der Waals surface area contributed by atoms with Gasteiger partial charge in [-0.2, -0.15) is 22.3 Å². The molecule has 5 aromatic carbocycles. The summed E-state index contributed by atoms with van der Waals surface area (Å²) in [6, 6.07) is 29.1. The second-order valence-electron chi connectivity index (χ2n) is 16.8. The SMILES string of the molecule is COc1ccc(CN(Cc2ccc(OC)cc2)S(=O)(=O)c2c(S(=O)(=O)N[C@@H]3CC[N+](C)(C)C3)ccc(-c3cccc4[nH]c(N)nc34)c2-c2nnn(Cc3ccc(OC)cc3)n2)cc1.O=C([O-])C(F)(F)F. The Bertz CT molecular complexity index is 3160. The van der Waals surface area contributed by atoms with E-state index < -0.39 is 48.0 Å². The van der Waals surface area contributed by atoms with Gasteiger partial charge in [0.15, 0.2) is 5.95 Å². The number of likely N-dealkylation sites (N-methyl/N-ethyl adjacent to an activating group) is 1. The Morgan fingerprint density at radius 3 is 1.89 bits per heavy atom. The number of hydrogen-bond donors (Lipinski definition) is 3. The van der Waals surface area contributed by atoms with E-state index in [1.54, 1.807) is 106 Å². The number of fused-ring (bicyclic) bond motifs is 1. The molecule has 1 fully saturated rings. The summed E-state index contributed by atoms with van der Waals surface area (Å²) in [6.07, 6.45) is -4.63. The molecule has 1 aliphatic heterocycles. The van der Waals surface area contributed by atoms with Crippen molar-refractivity contribution in [1.82, 2.24) is 39.2 Å². The summed E-state index contributed by atoms with van der Waals surface area (Å²) in [6.45, 7) is 1.12. The molecule has 370 valence electrons. The topological polar surface area (TPSA) is 250 Å². The molecular formula is C46H49F3N10O9S2. The minimum Gasteiger partial charge on any atom is -0.542 e. The molecule has 3 heterocycles. The zero-order valence-electron chi connectivity index (χ0n) is 38.5. The van der Waals surface area contributed by atoms with Crippen LogP contribution < -0.4 is 29.8 Å². The smallest absolute Gasteiger partial charge is 0.430 e. The molecule has 24 heteroatoms. The average molecular weight is 1010 g/mol. The van der Waals surface area contributed by atoms with Gasteiger partial charge >= 0.3 is 6.18 Å². The highest BCUT2D eigenvalue weighted by molar-refractivity contribution is 7.92. The number of likely N-dealkylation sites (tertiary alicyclic amines) is 1. The number of halogens is 3. The fourth-order valence-electron chi connectivity index (χ4n) is 7.94. The van der Waals surface area contributed by atoms with Crippen molar-refractivity contribution in [3.8, 4) is 39.8 Å². The predicted molar refractivity (Wildman–Crippen MR) is 249 cm³/mol. The van der Waals surface area contributed by atoms with Crippen LogP contribution in [0.3, 0.4) is 0 Å². The number of sulfonamides is 2. The molecule has 19 nitrogen and oxygen atoms in total. The Morgan fingerprint density at radius 2 is 1.39 bits per heavy atom. The fourth-order valence-corrected chi connectivity index (χ4v) is 11.6. The maximum atomic E-state index is 16.0. The number of carboxylic acids is 1. The van der Waals surface area contributed by atoms with E-state index in [1.165, 1.54) is 15.2 Å². The molecule has 0 spiro atoms. The Hall–Kier alpha value is -7.12. The van der Waals surface area contributed by atoms with E-state index in [4.69, 9.17) is 34.9 Å². The molecule has 0 unspecified atom stereocenters. The van der Waals surface area contributed by atoms with Gasteiger partial charge in [-0.05, 0) is 76.0 Å². The number of alkyl halides is 3. The number of aromatic nitrogens is 6. The first kappa shape index (κ1) is 50.7. The highest BCUT2D eigenvalue weighted by Gasteiger charge is 2.41. The normalized spacial score (nSPS) is 14.8. The molecule has 4 N–H and O–H groups in total. The van der Waals surface area contributed by atoms with E-state index in [0.29, 0.717) is 68.0 Å². The van der Waals surface area contributed by atoms with Crippen molar-refractivity contribution in [2.75, 3.05) is 54.2 Å². The number of methoxy groups -OCH3 is 3.